The fraction of sp³-hybridized carbons (Fsp3) is 0.750. The number of hydrogen-bond donors (Lipinski definition) is 1. The Morgan fingerprint density at radius 1 is 1.22 bits per heavy atom. The summed E-state index contributed by atoms with van der Waals surface area (Å²) in [7, 11) is 0. The molecular weight excluding hydrogens is 296 g/mol. The molecule has 7 nitrogen and oxygen atoms in total. The molecule has 0 bridgehead atoms. The van der Waals surface area contributed by atoms with Crippen LogP contribution in [0.5, 0.6) is 0 Å². The summed E-state index contributed by atoms with van der Waals surface area (Å²) in [4.78, 5) is 21.2. The second kappa shape index (κ2) is 6.59. The van der Waals surface area contributed by atoms with Crippen molar-refractivity contribution in [2.75, 3.05) is 45.9 Å². The van der Waals surface area contributed by atoms with E-state index in [4.69, 9.17) is 9.15 Å². The first kappa shape index (κ1) is 15.1. The van der Waals surface area contributed by atoms with E-state index in [1.54, 1.807) is 0 Å². The van der Waals surface area contributed by atoms with Gasteiger partial charge >= 0.3 is 5.91 Å². The molecule has 1 saturated carbocycles. The van der Waals surface area contributed by atoms with Gasteiger partial charge in [0.15, 0.2) is 0 Å². The minimum Gasteiger partial charge on any atom is -0.436 e. The van der Waals surface area contributed by atoms with Crippen molar-refractivity contribution in [3.05, 3.63) is 17.3 Å². The number of carbonyl (C=O) groups is 1. The van der Waals surface area contributed by atoms with Crippen LogP contribution < -0.4 is 5.32 Å². The molecule has 1 saturated heterocycles. The van der Waals surface area contributed by atoms with Crippen molar-refractivity contribution in [1.82, 2.24) is 20.1 Å². The summed E-state index contributed by atoms with van der Waals surface area (Å²) >= 11 is 0. The van der Waals surface area contributed by atoms with Crippen molar-refractivity contribution in [3.63, 3.8) is 0 Å². The second-order valence-electron chi connectivity index (χ2n) is 6.71. The predicted octanol–water partition coefficient (Wildman–Crippen LogP) is 0.462. The van der Waals surface area contributed by atoms with E-state index in [0.717, 1.165) is 69.9 Å². The standard InChI is InChI=1S/C16H24N4O3/c21-15(17-3-4-19-5-7-22-8-6-19)16-18-13-10-20(9-12-1-2-12)11-14(13)23-16/h12H,1-11H2,(H,17,21). The van der Waals surface area contributed by atoms with Crippen LogP contribution in [0.2, 0.25) is 0 Å². The van der Waals surface area contributed by atoms with Crippen molar-refractivity contribution in [1.29, 1.82) is 0 Å². The number of nitrogens with zero attached hydrogens (tertiary/aromatic N) is 3. The van der Waals surface area contributed by atoms with Crippen molar-refractivity contribution < 1.29 is 13.9 Å². The molecule has 0 spiro atoms. The van der Waals surface area contributed by atoms with Crippen molar-refractivity contribution in [2.24, 2.45) is 5.92 Å². The Labute approximate surface area is 136 Å². The second-order valence-corrected chi connectivity index (χ2v) is 6.71. The van der Waals surface area contributed by atoms with Crippen LogP contribution >= 0.6 is 0 Å². The van der Waals surface area contributed by atoms with Crippen LogP contribution in [0.4, 0.5) is 0 Å². The van der Waals surface area contributed by atoms with Gasteiger partial charge in [0.05, 0.1) is 25.5 Å². The monoisotopic (exact) mass is 320 g/mol. The number of amides is 1. The summed E-state index contributed by atoms with van der Waals surface area (Å²) in [6, 6.07) is 0. The van der Waals surface area contributed by atoms with Gasteiger partial charge in [0, 0.05) is 39.3 Å². The molecule has 1 amide bonds. The van der Waals surface area contributed by atoms with E-state index >= 15 is 0 Å². The summed E-state index contributed by atoms with van der Waals surface area (Å²) in [6.45, 7) is 7.60. The molecule has 1 aromatic rings. The van der Waals surface area contributed by atoms with Crippen LogP contribution in [0.1, 0.15) is 35.0 Å². The summed E-state index contributed by atoms with van der Waals surface area (Å²) in [5, 5.41) is 2.90. The number of rotatable bonds is 6. The van der Waals surface area contributed by atoms with Crippen LogP contribution in [0.15, 0.2) is 4.42 Å². The number of hydrogen-bond acceptors (Lipinski definition) is 6. The lowest BCUT2D eigenvalue weighted by Gasteiger charge is -2.26. The molecular formula is C16H24N4O3. The molecule has 23 heavy (non-hydrogen) atoms. The smallest absolute Gasteiger partial charge is 0.307 e. The van der Waals surface area contributed by atoms with Crippen LogP contribution in [0.3, 0.4) is 0 Å². The van der Waals surface area contributed by atoms with Gasteiger partial charge in [-0.15, -0.1) is 0 Å². The summed E-state index contributed by atoms with van der Waals surface area (Å²) in [5.74, 6) is 1.73. The molecule has 0 unspecified atom stereocenters. The average Bonchev–Trinajstić information content (AvgIpc) is 3.15. The highest BCUT2D eigenvalue weighted by Crippen LogP contribution is 2.33. The molecule has 1 aromatic heterocycles. The number of oxazole rings is 1. The highest BCUT2D eigenvalue weighted by atomic mass is 16.5. The average molecular weight is 320 g/mol. The quantitative estimate of drug-likeness (QED) is 0.821. The maximum absolute atomic E-state index is 12.1. The molecule has 2 fully saturated rings. The molecule has 3 heterocycles. The lowest BCUT2D eigenvalue weighted by atomic mass is 10.4. The third kappa shape index (κ3) is 3.73. The van der Waals surface area contributed by atoms with Crippen molar-refractivity contribution in [2.45, 2.75) is 25.9 Å². The van der Waals surface area contributed by atoms with Gasteiger partial charge < -0.3 is 14.5 Å². The van der Waals surface area contributed by atoms with Crippen LogP contribution in [0, 0.1) is 5.92 Å². The van der Waals surface area contributed by atoms with E-state index in [9.17, 15) is 4.79 Å². The van der Waals surface area contributed by atoms with E-state index in [1.165, 1.54) is 12.8 Å². The molecule has 0 radical (unpaired) electrons. The first-order valence-corrected chi connectivity index (χ1v) is 8.57. The summed E-state index contributed by atoms with van der Waals surface area (Å²) < 4.78 is 11.0. The molecule has 0 atom stereocenters. The Morgan fingerprint density at radius 3 is 2.78 bits per heavy atom. The number of morpholine rings is 1. The summed E-state index contributed by atoms with van der Waals surface area (Å²) in [6.07, 6.45) is 2.70. The van der Waals surface area contributed by atoms with Gasteiger partial charge in [-0.05, 0) is 18.8 Å². The van der Waals surface area contributed by atoms with Gasteiger partial charge in [-0.1, -0.05) is 0 Å². The lowest BCUT2D eigenvalue weighted by Crippen LogP contribution is -2.41. The Morgan fingerprint density at radius 2 is 2.04 bits per heavy atom. The van der Waals surface area contributed by atoms with E-state index in [0.29, 0.717) is 6.54 Å². The molecule has 1 aliphatic carbocycles. The fourth-order valence-electron chi connectivity index (χ4n) is 3.22. The number of aromatic nitrogens is 1. The van der Waals surface area contributed by atoms with Gasteiger partial charge in [-0.25, -0.2) is 4.98 Å². The first-order chi connectivity index (χ1) is 11.3. The normalized spacial score (nSPS) is 22.3. The number of fused-ring (bicyclic) bond motifs is 1. The molecule has 1 N–H and O–H groups in total. The fourth-order valence-corrected chi connectivity index (χ4v) is 3.22. The van der Waals surface area contributed by atoms with Crippen LogP contribution in [-0.2, 0) is 17.8 Å². The molecule has 2 aliphatic heterocycles. The Hall–Kier alpha value is -1.44. The van der Waals surface area contributed by atoms with Crippen molar-refractivity contribution in [3.8, 4) is 0 Å². The Kier molecular flexibility index (Phi) is 4.33. The van der Waals surface area contributed by atoms with Gasteiger partial charge in [0.25, 0.3) is 5.89 Å². The largest absolute Gasteiger partial charge is 0.436 e. The zero-order valence-corrected chi connectivity index (χ0v) is 13.4. The predicted molar refractivity (Wildman–Crippen MR) is 82.9 cm³/mol. The first-order valence-electron chi connectivity index (χ1n) is 8.57. The van der Waals surface area contributed by atoms with Gasteiger partial charge in [0.2, 0.25) is 0 Å². The maximum Gasteiger partial charge on any atom is 0.307 e. The van der Waals surface area contributed by atoms with Crippen LogP contribution in [-0.4, -0.2) is 66.6 Å². The van der Waals surface area contributed by atoms with E-state index < -0.39 is 0 Å². The molecule has 126 valence electrons. The SMILES string of the molecule is O=C(NCCN1CCOCC1)c1nc2c(o1)CN(CC1CC1)C2. The zero-order chi connectivity index (χ0) is 15.6. The number of carbonyl (C=O) groups excluding carboxylic acids is 1. The number of nitrogens with one attached hydrogen (secondary N) is 1. The molecule has 0 aromatic carbocycles. The highest BCUT2D eigenvalue weighted by molar-refractivity contribution is 5.89. The van der Waals surface area contributed by atoms with Crippen LogP contribution in [0.25, 0.3) is 0 Å². The highest BCUT2D eigenvalue weighted by Gasteiger charge is 2.31. The van der Waals surface area contributed by atoms with E-state index in [-0.39, 0.29) is 11.8 Å². The lowest BCUT2D eigenvalue weighted by molar-refractivity contribution is 0.0382. The van der Waals surface area contributed by atoms with Gasteiger partial charge in [-0.2, -0.15) is 0 Å². The van der Waals surface area contributed by atoms with E-state index in [2.05, 4.69) is 20.1 Å². The van der Waals surface area contributed by atoms with Crippen molar-refractivity contribution >= 4 is 5.91 Å². The van der Waals surface area contributed by atoms with Gasteiger partial charge in [-0.3, -0.25) is 14.6 Å². The maximum atomic E-state index is 12.1. The minimum absolute atomic E-state index is 0.207. The van der Waals surface area contributed by atoms with Gasteiger partial charge in [0.1, 0.15) is 5.76 Å². The van der Waals surface area contributed by atoms with E-state index in [1.807, 2.05) is 0 Å². The minimum atomic E-state index is -0.207. The summed E-state index contributed by atoms with van der Waals surface area (Å²) in [5.41, 5.74) is 0.934. The number of ether oxygens (including phenoxy) is 1. The molecule has 4 rings (SSSR count). The Balaban J connectivity index is 1.23. The zero-order valence-electron chi connectivity index (χ0n) is 13.4. The third-order valence-corrected chi connectivity index (χ3v) is 4.74. The third-order valence-electron chi connectivity index (χ3n) is 4.74. The Bertz CT molecular complexity index is 540. The molecule has 7 heteroatoms. The molecule has 3 aliphatic rings. The topological polar surface area (TPSA) is 70.8 Å².